The van der Waals surface area contributed by atoms with Crippen molar-refractivity contribution in [3.8, 4) is 0 Å². The van der Waals surface area contributed by atoms with Crippen LogP contribution < -0.4 is 10.9 Å². The van der Waals surface area contributed by atoms with Gasteiger partial charge in [-0.3, -0.25) is 14.5 Å². The fourth-order valence-electron chi connectivity index (χ4n) is 2.20. The third-order valence-electron chi connectivity index (χ3n) is 3.31. The molecule has 1 fully saturated rings. The maximum Gasteiger partial charge on any atom is 0.271 e. The van der Waals surface area contributed by atoms with Gasteiger partial charge in [0.25, 0.3) is 11.5 Å². The number of likely N-dealkylation sites (N-methyl/N-ethyl adjacent to an activating group) is 1. The maximum absolute atomic E-state index is 12.0. The minimum Gasteiger partial charge on any atom is -0.378 e. The van der Waals surface area contributed by atoms with Gasteiger partial charge in [0.1, 0.15) is 5.69 Å². The number of nitrogens with one attached hydrogen (secondary N) is 2. The zero-order valence-corrected chi connectivity index (χ0v) is 11.0. The molecule has 0 saturated carbocycles. The van der Waals surface area contributed by atoms with Gasteiger partial charge in [0, 0.05) is 26.4 Å². The number of ether oxygens (including phenoxy) is 1. The Bertz CT molecular complexity index is 481. The fourth-order valence-corrected chi connectivity index (χ4v) is 2.20. The van der Waals surface area contributed by atoms with Crippen LogP contribution in [0.4, 0.5) is 0 Å². The van der Waals surface area contributed by atoms with Crippen LogP contribution in [-0.4, -0.2) is 59.7 Å². The average Bonchev–Trinajstić information content (AvgIpc) is 2.81. The van der Waals surface area contributed by atoms with Crippen LogP contribution in [0.5, 0.6) is 0 Å². The Morgan fingerprint density at radius 2 is 2.42 bits per heavy atom. The lowest BCUT2D eigenvalue weighted by atomic mass is 10.2. The summed E-state index contributed by atoms with van der Waals surface area (Å²) in [4.78, 5) is 31.3. The molecule has 2 atom stereocenters. The third-order valence-corrected chi connectivity index (χ3v) is 3.31. The highest BCUT2D eigenvalue weighted by atomic mass is 16.5. The zero-order valence-electron chi connectivity index (χ0n) is 11.0. The van der Waals surface area contributed by atoms with E-state index in [-0.39, 0.29) is 29.3 Å². The largest absolute Gasteiger partial charge is 0.378 e. The second-order valence-corrected chi connectivity index (χ2v) is 4.50. The summed E-state index contributed by atoms with van der Waals surface area (Å²) in [5, 5.41) is 2.89. The van der Waals surface area contributed by atoms with E-state index in [0.717, 1.165) is 25.8 Å². The quantitative estimate of drug-likeness (QED) is 0.746. The molecule has 1 amide bonds. The lowest BCUT2D eigenvalue weighted by molar-refractivity contribution is 0.0759. The maximum atomic E-state index is 12.0. The molecule has 1 aliphatic rings. The topological polar surface area (TPSA) is 87.3 Å². The number of carbonyl (C=O) groups is 1. The van der Waals surface area contributed by atoms with Crippen molar-refractivity contribution in [1.82, 2.24) is 20.2 Å². The van der Waals surface area contributed by atoms with E-state index in [4.69, 9.17) is 4.74 Å². The van der Waals surface area contributed by atoms with Gasteiger partial charge in [-0.25, -0.2) is 4.98 Å². The summed E-state index contributed by atoms with van der Waals surface area (Å²) in [5.74, 6) is -0.304. The van der Waals surface area contributed by atoms with Crippen molar-refractivity contribution in [2.75, 3.05) is 26.7 Å². The zero-order chi connectivity index (χ0) is 13.8. The van der Waals surface area contributed by atoms with Crippen molar-refractivity contribution >= 4 is 5.91 Å². The van der Waals surface area contributed by atoms with E-state index in [1.54, 1.807) is 7.11 Å². The predicted molar refractivity (Wildman–Crippen MR) is 69.0 cm³/mol. The van der Waals surface area contributed by atoms with Gasteiger partial charge in [0.2, 0.25) is 0 Å². The van der Waals surface area contributed by atoms with Crippen LogP contribution in [0.1, 0.15) is 17.4 Å². The molecule has 2 heterocycles. The summed E-state index contributed by atoms with van der Waals surface area (Å²) in [5.41, 5.74) is -0.131. The van der Waals surface area contributed by atoms with Gasteiger partial charge in [0.15, 0.2) is 0 Å². The van der Waals surface area contributed by atoms with Crippen LogP contribution in [0.25, 0.3) is 0 Å². The van der Waals surface area contributed by atoms with Crippen molar-refractivity contribution in [2.45, 2.75) is 19.1 Å². The second kappa shape index (κ2) is 5.94. The lowest BCUT2D eigenvalue weighted by Crippen LogP contribution is -2.44. The Morgan fingerprint density at radius 1 is 1.63 bits per heavy atom. The molecule has 104 valence electrons. The van der Waals surface area contributed by atoms with E-state index < -0.39 is 0 Å². The van der Waals surface area contributed by atoms with Crippen molar-refractivity contribution in [1.29, 1.82) is 0 Å². The molecular weight excluding hydrogens is 248 g/mol. The molecule has 0 spiro atoms. The van der Waals surface area contributed by atoms with Gasteiger partial charge in [-0.1, -0.05) is 6.92 Å². The van der Waals surface area contributed by atoms with E-state index in [0.29, 0.717) is 0 Å². The first-order valence-corrected chi connectivity index (χ1v) is 6.24. The Labute approximate surface area is 111 Å². The number of methoxy groups -OCH3 is 1. The van der Waals surface area contributed by atoms with Gasteiger partial charge in [0.05, 0.1) is 18.3 Å². The molecule has 7 nitrogen and oxygen atoms in total. The molecule has 1 aliphatic heterocycles. The number of hydrogen-bond acceptors (Lipinski definition) is 5. The van der Waals surface area contributed by atoms with E-state index in [9.17, 15) is 9.59 Å². The molecular formula is C12H18N4O3. The Morgan fingerprint density at radius 3 is 3.00 bits per heavy atom. The molecule has 1 aromatic heterocycles. The van der Waals surface area contributed by atoms with Crippen LogP contribution in [0.15, 0.2) is 17.2 Å². The standard InChI is InChI=1S/C12H18N4O3/c1-3-16-6-9(10(7-16)19-2)15-12(18)8-4-14-11(17)5-13-8/h4-5,9-10H,3,6-7H2,1-2H3,(H,14,17)(H,15,18)/t9-,10-/m0/s1. The number of amides is 1. The van der Waals surface area contributed by atoms with Crippen molar-refractivity contribution in [3.63, 3.8) is 0 Å². The summed E-state index contributed by atoms with van der Waals surface area (Å²) in [6.07, 6.45) is 2.38. The first kappa shape index (κ1) is 13.7. The number of hydrogen-bond donors (Lipinski definition) is 2. The van der Waals surface area contributed by atoms with Crippen LogP contribution in [0, 0.1) is 0 Å². The Balaban J connectivity index is 2.02. The van der Waals surface area contributed by atoms with Crippen LogP contribution in [0.3, 0.4) is 0 Å². The highest BCUT2D eigenvalue weighted by Crippen LogP contribution is 2.12. The number of rotatable bonds is 4. The minimum atomic E-state index is -0.329. The van der Waals surface area contributed by atoms with Crippen molar-refractivity contribution in [2.24, 2.45) is 0 Å². The number of nitrogens with zero attached hydrogens (tertiary/aromatic N) is 2. The summed E-state index contributed by atoms with van der Waals surface area (Å²) in [7, 11) is 1.64. The number of H-pyrrole nitrogens is 1. The van der Waals surface area contributed by atoms with Gasteiger partial charge >= 0.3 is 0 Å². The normalized spacial score (nSPS) is 23.5. The molecule has 0 unspecified atom stereocenters. The molecule has 2 N–H and O–H groups in total. The molecule has 1 aromatic rings. The Hall–Kier alpha value is -1.73. The lowest BCUT2D eigenvalue weighted by Gasteiger charge is -2.18. The number of aromatic amines is 1. The molecule has 7 heteroatoms. The number of aromatic nitrogens is 2. The molecule has 1 saturated heterocycles. The van der Waals surface area contributed by atoms with Crippen LogP contribution in [0.2, 0.25) is 0 Å². The average molecular weight is 266 g/mol. The smallest absolute Gasteiger partial charge is 0.271 e. The second-order valence-electron chi connectivity index (χ2n) is 4.50. The summed E-state index contributed by atoms with van der Waals surface area (Å²) < 4.78 is 5.38. The van der Waals surface area contributed by atoms with Gasteiger partial charge < -0.3 is 15.0 Å². The van der Waals surface area contributed by atoms with Crippen LogP contribution in [-0.2, 0) is 4.74 Å². The van der Waals surface area contributed by atoms with E-state index in [1.807, 2.05) is 0 Å². The van der Waals surface area contributed by atoms with Crippen molar-refractivity contribution < 1.29 is 9.53 Å². The highest BCUT2D eigenvalue weighted by Gasteiger charge is 2.33. The molecule has 19 heavy (non-hydrogen) atoms. The van der Waals surface area contributed by atoms with Gasteiger partial charge in [-0.15, -0.1) is 0 Å². The van der Waals surface area contributed by atoms with Gasteiger partial charge in [-0.05, 0) is 6.54 Å². The molecule has 0 aliphatic carbocycles. The molecule has 2 rings (SSSR count). The first-order chi connectivity index (χ1) is 9.13. The fraction of sp³-hybridized carbons (Fsp3) is 0.583. The van der Waals surface area contributed by atoms with Crippen LogP contribution >= 0.6 is 0 Å². The predicted octanol–water partition coefficient (Wildman–Crippen LogP) is -0.781. The monoisotopic (exact) mass is 266 g/mol. The molecule has 0 bridgehead atoms. The first-order valence-electron chi connectivity index (χ1n) is 6.24. The summed E-state index contributed by atoms with van der Waals surface area (Å²) in [6.45, 7) is 4.55. The SMILES string of the molecule is CCN1C[C@H](NC(=O)c2c[nH]c(=O)cn2)[C@@H](OC)C1. The van der Waals surface area contributed by atoms with E-state index >= 15 is 0 Å². The molecule has 0 radical (unpaired) electrons. The van der Waals surface area contributed by atoms with Gasteiger partial charge in [-0.2, -0.15) is 0 Å². The highest BCUT2D eigenvalue weighted by molar-refractivity contribution is 5.92. The number of carbonyl (C=O) groups excluding carboxylic acids is 1. The van der Waals surface area contributed by atoms with Crippen molar-refractivity contribution in [3.05, 3.63) is 28.4 Å². The van der Waals surface area contributed by atoms with E-state index in [2.05, 4.69) is 27.1 Å². The summed E-state index contributed by atoms with van der Waals surface area (Å²) >= 11 is 0. The third kappa shape index (κ3) is 3.18. The summed E-state index contributed by atoms with van der Waals surface area (Å²) in [6, 6.07) is -0.0637. The minimum absolute atomic E-state index is 0.0216. The molecule has 0 aromatic carbocycles. The van der Waals surface area contributed by atoms with E-state index in [1.165, 1.54) is 6.20 Å². The number of likely N-dealkylation sites (tertiary alicyclic amines) is 1. The Kier molecular flexibility index (Phi) is 4.28.